The van der Waals surface area contributed by atoms with E-state index >= 15 is 0 Å². The van der Waals surface area contributed by atoms with Crippen molar-refractivity contribution in [3.63, 3.8) is 0 Å². The molecule has 0 spiro atoms. The third kappa shape index (κ3) is 3.84. The van der Waals surface area contributed by atoms with Gasteiger partial charge in [0, 0.05) is 12.6 Å². The zero-order valence-electron chi connectivity index (χ0n) is 12.0. The Morgan fingerprint density at radius 2 is 1.83 bits per heavy atom. The van der Waals surface area contributed by atoms with Gasteiger partial charge in [-0.2, -0.15) is 0 Å². The summed E-state index contributed by atoms with van der Waals surface area (Å²) in [7, 11) is 1.43. The summed E-state index contributed by atoms with van der Waals surface area (Å²) in [4.78, 5) is 13.5. The molecule has 3 heteroatoms. The van der Waals surface area contributed by atoms with Gasteiger partial charge in [-0.05, 0) is 44.4 Å². The smallest absolute Gasteiger partial charge is 0.319 e. The van der Waals surface area contributed by atoms with Crippen molar-refractivity contribution >= 4 is 5.97 Å². The van der Waals surface area contributed by atoms with Crippen LogP contribution < -0.4 is 0 Å². The van der Waals surface area contributed by atoms with Crippen LogP contribution in [0.2, 0.25) is 0 Å². The first-order valence-corrected chi connectivity index (χ1v) is 6.31. The molecule has 0 unspecified atom stereocenters. The summed E-state index contributed by atoms with van der Waals surface area (Å²) in [5.41, 5.74) is 3.84. The van der Waals surface area contributed by atoms with Crippen LogP contribution in [0.25, 0.3) is 0 Å². The largest absolute Gasteiger partial charge is 0.468 e. The number of hydrogen-bond acceptors (Lipinski definition) is 3. The summed E-state index contributed by atoms with van der Waals surface area (Å²) in [5, 5.41) is 0. The molecule has 0 amide bonds. The molecule has 0 aliphatic carbocycles. The molecule has 18 heavy (non-hydrogen) atoms. The van der Waals surface area contributed by atoms with Crippen LogP contribution in [0.15, 0.2) is 18.2 Å². The Morgan fingerprint density at radius 1 is 1.28 bits per heavy atom. The third-order valence-electron chi connectivity index (χ3n) is 3.30. The second kappa shape index (κ2) is 6.55. The molecule has 0 atom stereocenters. The SMILES string of the molecule is COC(=O)CN(Cc1c(C)cccc1C)C(C)C. The second-order valence-corrected chi connectivity index (χ2v) is 4.95. The van der Waals surface area contributed by atoms with Crippen molar-refractivity contribution in [1.82, 2.24) is 4.90 Å². The highest BCUT2D eigenvalue weighted by molar-refractivity contribution is 5.71. The third-order valence-corrected chi connectivity index (χ3v) is 3.30. The first-order chi connectivity index (χ1) is 8.45. The zero-order valence-corrected chi connectivity index (χ0v) is 12.0. The van der Waals surface area contributed by atoms with E-state index < -0.39 is 0 Å². The van der Waals surface area contributed by atoms with Crippen molar-refractivity contribution in [2.75, 3.05) is 13.7 Å². The number of hydrogen-bond donors (Lipinski definition) is 0. The van der Waals surface area contributed by atoms with E-state index in [-0.39, 0.29) is 5.97 Å². The zero-order chi connectivity index (χ0) is 13.7. The quantitative estimate of drug-likeness (QED) is 0.751. The Balaban J connectivity index is 2.87. The van der Waals surface area contributed by atoms with Crippen molar-refractivity contribution in [3.05, 3.63) is 34.9 Å². The molecular weight excluding hydrogens is 226 g/mol. The van der Waals surface area contributed by atoms with Crippen LogP contribution in [0.4, 0.5) is 0 Å². The van der Waals surface area contributed by atoms with Crippen LogP contribution in [0.3, 0.4) is 0 Å². The number of carbonyl (C=O) groups is 1. The lowest BCUT2D eigenvalue weighted by Gasteiger charge is -2.26. The topological polar surface area (TPSA) is 29.5 Å². The molecule has 0 heterocycles. The standard InChI is InChI=1S/C15H23NO2/c1-11(2)16(10-15(17)18-5)9-14-12(3)7-6-8-13(14)4/h6-8,11H,9-10H2,1-5H3. The number of methoxy groups -OCH3 is 1. The number of benzene rings is 1. The number of esters is 1. The first-order valence-electron chi connectivity index (χ1n) is 6.31. The minimum Gasteiger partial charge on any atom is -0.468 e. The maximum atomic E-state index is 11.4. The number of nitrogens with zero attached hydrogens (tertiary/aromatic N) is 1. The highest BCUT2D eigenvalue weighted by Crippen LogP contribution is 2.17. The average Bonchev–Trinajstić information content (AvgIpc) is 2.31. The Bertz CT molecular complexity index is 393. The summed E-state index contributed by atoms with van der Waals surface area (Å²) in [6.07, 6.45) is 0. The molecule has 0 bridgehead atoms. The second-order valence-electron chi connectivity index (χ2n) is 4.95. The normalized spacial score (nSPS) is 11.1. The lowest BCUT2D eigenvalue weighted by molar-refractivity contribution is -0.142. The summed E-state index contributed by atoms with van der Waals surface area (Å²) in [6.45, 7) is 9.53. The molecule has 0 aliphatic rings. The molecule has 0 radical (unpaired) electrons. The highest BCUT2D eigenvalue weighted by atomic mass is 16.5. The van der Waals surface area contributed by atoms with E-state index in [9.17, 15) is 4.79 Å². The number of ether oxygens (including phenoxy) is 1. The van der Waals surface area contributed by atoms with Gasteiger partial charge < -0.3 is 4.74 Å². The maximum absolute atomic E-state index is 11.4. The molecule has 1 rings (SSSR count). The Labute approximate surface area is 110 Å². The van der Waals surface area contributed by atoms with Gasteiger partial charge in [0.15, 0.2) is 0 Å². The van der Waals surface area contributed by atoms with E-state index in [0.717, 1.165) is 6.54 Å². The van der Waals surface area contributed by atoms with Crippen LogP contribution in [0.1, 0.15) is 30.5 Å². The first kappa shape index (κ1) is 14.7. The van der Waals surface area contributed by atoms with E-state index in [4.69, 9.17) is 4.74 Å². The minimum absolute atomic E-state index is 0.185. The van der Waals surface area contributed by atoms with Crippen molar-refractivity contribution in [2.45, 2.75) is 40.3 Å². The van der Waals surface area contributed by atoms with Gasteiger partial charge in [0.05, 0.1) is 13.7 Å². The summed E-state index contributed by atoms with van der Waals surface area (Å²) < 4.78 is 4.75. The summed E-state index contributed by atoms with van der Waals surface area (Å²) in [6, 6.07) is 6.59. The van der Waals surface area contributed by atoms with Gasteiger partial charge in [-0.15, -0.1) is 0 Å². The van der Waals surface area contributed by atoms with E-state index in [1.165, 1.54) is 23.8 Å². The molecule has 100 valence electrons. The van der Waals surface area contributed by atoms with Crippen LogP contribution in [0.5, 0.6) is 0 Å². The van der Waals surface area contributed by atoms with Gasteiger partial charge in [-0.3, -0.25) is 9.69 Å². The van der Waals surface area contributed by atoms with Crippen molar-refractivity contribution in [3.8, 4) is 0 Å². The van der Waals surface area contributed by atoms with E-state index in [1.807, 2.05) is 0 Å². The van der Waals surface area contributed by atoms with Crippen LogP contribution >= 0.6 is 0 Å². The van der Waals surface area contributed by atoms with Crippen LogP contribution in [0, 0.1) is 13.8 Å². The van der Waals surface area contributed by atoms with Crippen molar-refractivity contribution < 1.29 is 9.53 Å². The maximum Gasteiger partial charge on any atom is 0.319 e. The van der Waals surface area contributed by atoms with E-state index in [0.29, 0.717) is 12.6 Å². The fraction of sp³-hybridized carbons (Fsp3) is 0.533. The molecule has 0 saturated heterocycles. The fourth-order valence-electron chi connectivity index (χ4n) is 1.95. The number of rotatable bonds is 5. The highest BCUT2D eigenvalue weighted by Gasteiger charge is 2.16. The lowest BCUT2D eigenvalue weighted by Crippen LogP contribution is -2.36. The predicted octanol–water partition coefficient (Wildman–Crippen LogP) is 2.69. The van der Waals surface area contributed by atoms with Gasteiger partial charge >= 0.3 is 5.97 Å². The molecule has 0 aliphatic heterocycles. The van der Waals surface area contributed by atoms with Gasteiger partial charge in [-0.25, -0.2) is 0 Å². The van der Waals surface area contributed by atoms with Crippen molar-refractivity contribution in [2.24, 2.45) is 0 Å². The molecule has 0 aromatic heterocycles. The fourth-order valence-corrected chi connectivity index (χ4v) is 1.95. The van der Waals surface area contributed by atoms with Gasteiger partial charge in [-0.1, -0.05) is 18.2 Å². The van der Waals surface area contributed by atoms with Crippen LogP contribution in [-0.2, 0) is 16.1 Å². The molecule has 3 nitrogen and oxygen atoms in total. The predicted molar refractivity (Wildman–Crippen MR) is 73.5 cm³/mol. The number of aryl methyl sites for hydroxylation is 2. The minimum atomic E-state index is -0.185. The Kier molecular flexibility index (Phi) is 5.35. The molecule has 0 saturated carbocycles. The van der Waals surface area contributed by atoms with Crippen molar-refractivity contribution in [1.29, 1.82) is 0 Å². The molecule has 1 aromatic carbocycles. The summed E-state index contributed by atoms with van der Waals surface area (Å²) in [5.74, 6) is -0.185. The number of carbonyl (C=O) groups excluding carboxylic acids is 1. The van der Waals surface area contributed by atoms with E-state index in [2.05, 4.69) is 50.8 Å². The molecular formula is C15H23NO2. The van der Waals surface area contributed by atoms with Gasteiger partial charge in [0.2, 0.25) is 0 Å². The van der Waals surface area contributed by atoms with Gasteiger partial charge in [0.25, 0.3) is 0 Å². The molecule has 0 fully saturated rings. The van der Waals surface area contributed by atoms with E-state index in [1.54, 1.807) is 0 Å². The van der Waals surface area contributed by atoms with Gasteiger partial charge in [0.1, 0.15) is 0 Å². The Morgan fingerprint density at radius 3 is 2.28 bits per heavy atom. The average molecular weight is 249 g/mol. The monoisotopic (exact) mass is 249 g/mol. The molecule has 0 N–H and O–H groups in total. The van der Waals surface area contributed by atoms with Crippen LogP contribution in [-0.4, -0.2) is 30.6 Å². The lowest BCUT2D eigenvalue weighted by atomic mass is 10.0. The molecule has 1 aromatic rings. The summed E-state index contributed by atoms with van der Waals surface area (Å²) >= 11 is 0. The Hall–Kier alpha value is -1.35.